The van der Waals surface area contributed by atoms with E-state index in [0.717, 1.165) is 6.42 Å². The van der Waals surface area contributed by atoms with E-state index >= 15 is 0 Å². The van der Waals surface area contributed by atoms with Crippen molar-refractivity contribution in [3.63, 3.8) is 0 Å². The first-order valence-corrected chi connectivity index (χ1v) is 5.24. The number of aryl methyl sites for hydroxylation is 2. The number of rotatable bonds is 3. The van der Waals surface area contributed by atoms with Crippen molar-refractivity contribution in [3.8, 4) is 0 Å². The molecule has 1 aromatic carbocycles. The third-order valence-corrected chi connectivity index (χ3v) is 2.50. The lowest BCUT2D eigenvalue weighted by Gasteiger charge is -2.15. The molecular formula is C13H20O. The van der Waals surface area contributed by atoms with Gasteiger partial charge in [-0.15, -0.1) is 0 Å². The highest BCUT2D eigenvalue weighted by atomic mass is 16.3. The zero-order valence-electron chi connectivity index (χ0n) is 9.54. The predicted octanol–water partition coefficient (Wildman–Crippen LogP) is 2.86. The Labute approximate surface area is 86.8 Å². The smallest absolute Gasteiger partial charge is 0.0603 e. The van der Waals surface area contributed by atoms with E-state index in [1.807, 2.05) is 13.8 Å². The van der Waals surface area contributed by atoms with Crippen LogP contribution >= 0.6 is 0 Å². The molecule has 0 fully saturated rings. The fourth-order valence-electron chi connectivity index (χ4n) is 1.66. The number of aliphatic hydroxyl groups is 1. The lowest BCUT2D eigenvalue weighted by Crippen LogP contribution is -2.17. The van der Waals surface area contributed by atoms with Gasteiger partial charge in [-0.3, -0.25) is 0 Å². The molecule has 0 amide bonds. The fourth-order valence-corrected chi connectivity index (χ4v) is 1.66. The van der Waals surface area contributed by atoms with Gasteiger partial charge >= 0.3 is 0 Å². The van der Waals surface area contributed by atoms with Gasteiger partial charge in [-0.1, -0.05) is 43.2 Å². The lowest BCUT2D eigenvalue weighted by atomic mass is 9.97. The topological polar surface area (TPSA) is 20.2 Å². The van der Waals surface area contributed by atoms with Crippen LogP contribution in [-0.2, 0) is 6.42 Å². The van der Waals surface area contributed by atoms with E-state index in [2.05, 4.69) is 32.0 Å². The van der Waals surface area contributed by atoms with Gasteiger partial charge in [0.25, 0.3) is 0 Å². The van der Waals surface area contributed by atoms with E-state index in [1.165, 1.54) is 16.7 Å². The van der Waals surface area contributed by atoms with Gasteiger partial charge in [0.05, 0.1) is 6.10 Å². The van der Waals surface area contributed by atoms with Gasteiger partial charge in [0.15, 0.2) is 0 Å². The second kappa shape index (κ2) is 4.61. The highest BCUT2D eigenvalue weighted by molar-refractivity contribution is 5.28. The average molecular weight is 192 g/mol. The third kappa shape index (κ3) is 3.15. The van der Waals surface area contributed by atoms with Crippen LogP contribution in [0.2, 0.25) is 0 Å². The maximum Gasteiger partial charge on any atom is 0.0603 e. The molecule has 0 heterocycles. The van der Waals surface area contributed by atoms with Gasteiger partial charge in [0.1, 0.15) is 0 Å². The van der Waals surface area contributed by atoms with Gasteiger partial charge in [0, 0.05) is 0 Å². The van der Waals surface area contributed by atoms with Crippen LogP contribution in [0.25, 0.3) is 0 Å². The van der Waals surface area contributed by atoms with Crippen LogP contribution in [0.5, 0.6) is 0 Å². The van der Waals surface area contributed by atoms with E-state index in [-0.39, 0.29) is 6.10 Å². The largest absolute Gasteiger partial charge is 0.393 e. The van der Waals surface area contributed by atoms with Crippen LogP contribution in [0.15, 0.2) is 18.2 Å². The van der Waals surface area contributed by atoms with Crippen molar-refractivity contribution < 1.29 is 5.11 Å². The molecule has 1 nitrogen and oxygen atoms in total. The van der Waals surface area contributed by atoms with E-state index in [1.54, 1.807) is 0 Å². The van der Waals surface area contributed by atoms with Gasteiger partial charge in [-0.05, 0) is 31.7 Å². The molecule has 1 atom stereocenters. The number of hydrogen-bond acceptors (Lipinski definition) is 1. The lowest BCUT2D eigenvalue weighted by molar-refractivity contribution is 0.125. The summed E-state index contributed by atoms with van der Waals surface area (Å²) in [7, 11) is 0. The summed E-state index contributed by atoms with van der Waals surface area (Å²) in [4.78, 5) is 0. The molecule has 0 aromatic heterocycles. The summed E-state index contributed by atoms with van der Waals surface area (Å²) >= 11 is 0. The Kier molecular flexibility index (Phi) is 3.70. The predicted molar refractivity (Wildman–Crippen MR) is 60.5 cm³/mol. The molecule has 0 saturated heterocycles. The summed E-state index contributed by atoms with van der Waals surface area (Å²) in [6.07, 6.45) is 0.538. The summed E-state index contributed by atoms with van der Waals surface area (Å²) in [6.45, 7) is 8.29. The molecular weight excluding hydrogens is 172 g/mol. The van der Waals surface area contributed by atoms with E-state index < -0.39 is 0 Å². The zero-order chi connectivity index (χ0) is 10.7. The number of hydrogen-bond donors (Lipinski definition) is 1. The minimum atomic E-state index is -0.226. The average Bonchev–Trinajstić information content (AvgIpc) is 2.01. The highest BCUT2D eigenvalue weighted by Crippen LogP contribution is 2.13. The first-order chi connectivity index (χ1) is 6.49. The van der Waals surface area contributed by atoms with Crippen LogP contribution in [0, 0.1) is 19.8 Å². The molecule has 0 saturated carbocycles. The summed E-state index contributed by atoms with van der Waals surface area (Å²) in [5, 5.41) is 9.76. The van der Waals surface area contributed by atoms with Crippen LogP contribution < -0.4 is 0 Å². The molecule has 0 aliphatic carbocycles. The highest BCUT2D eigenvalue weighted by Gasteiger charge is 2.10. The van der Waals surface area contributed by atoms with Crippen LogP contribution in [0.3, 0.4) is 0 Å². The maximum absolute atomic E-state index is 9.76. The maximum atomic E-state index is 9.76. The van der Waals surface area contributed by atoms with Gasteiger partial charge in [-0.25, -0.2) is 0 Å². The van der Waals surface area contributed by atoms with Crippen LogP contribution in [-0.4, -0.2) is 11.2 Å². The SMILES string of the molecule is Cc1cc(C)cc(CC(O)C(C)C)c1. The molecule has 0 bridgehead atoms. The minimum Gasteiger partial charge on any atom is -0.393 e. The van der Waals surface area contributed by atoms with Crippen LogP contribution in [0.1, 0.15) is 30.5 Å². The Morgan fingerprint density at radius 1 is 1.07 bits per heavy atom. The third-order valence-electron chi connectivity index (χ3n) is 2.50. The summed E-state index contributed by atoms with van der Waals surface area (Å²) in [5.74, 6) is 0.329. The molecule has 1 aromatic rings. The van der Waals surface area contributed by atoms with Gasteiger partial charge < -0.3 is 5.11 Å². The molecule has 0 aliphatic rings. The molecule has 0 radical (unpaired) electrons. The molecule has 14 heavy (non-hydrogen) atoms. The van der Waals surface area contributed by atoms with E-state index in [0.29, 0.717) is 5.92 Å². The Bertz CT molecular complexity index is 282. The first kappa shape index (κ1) is 11.3. The summed E-state index contributed by atoms with van der Waals surface area (Å²) in [5.41, 5.74) is 3.79. The molecule has 1 N–H and O–H groups in total. The molecule has 0 spiro atoms. The van der Waals surface area contributed by atoms with Crippen molar-refractivity contribution in [2.45, 2.75) is 40.2 Å². The Morgan fingerprint density at radius 3 is 2.00 bits per heavy atom. The number of benzene rings is 1. The van der Waals surface area contributed by atoms with Crippen molar-refractivity contribution in [1.82, 2.24) is 0 Å². The molecule has 1 unspecified atom stereocenters. The second-order valence-corrected chi connectivity index (χ2v) is 4.51. The fraction of sp³-hybridized carbons (Fsp3) is 0.538. The summed E-state index contributed by atoms with van der Waals surface area (Å²) in [6, 6.07) is 6.46. The Morgan fingerprint density at radius 2 is 1.57 bits per heavy atom. The molecule has 1 rings (SSSR count). The van der Waals surface area contributed by atoms with Crippen molar-refractivity contribution in [2.24, 2.45) is 5.92 Å². The molecule has 1 heteroatoms. The zero-order valence-corrected chi connectivity index (χ0v) is 9.54. The van der Waals surface area contributed by atoms with Crippen molar-refractivity contribution in [2.75, 3.05) is 0 Å². The second-order valence-electron chi connectivity index (χ2n) is 4.51. The minimum absolute atomic E-state index is 0.226. The summed E-state index contributed by atoms with van der Waals surface area (Å²) < 4.78 is 0. The van der Waals surface area contributed by atoms with Crippen molar-refractivity contribution >= 4 is 0 Å². The quantitative estimate of drug-likeness (QED) is 0.780. The van der Waals surface area contributed by atoms with Crippen molar-refractivity contribution in [1.29, 1.82) is 0 Å². The Balaban J connectivity index is 2.76. The first-order valence-electron chi connectivity index (χ1n) is 5.24. The van der Waals surface area contributed by atoms with E-state index in [9.17, 15) is 5.11 Å². The standard InChI is InChI=1S/C13H20O/c1-9(2)13(14)8-12-6-10(3)5-11(4)7-12/h5-7,9,13-14H,8H2,1-4H3. The normalized spacial score (nSPS) is 13.3. The van der Waals surface area contributed by atoms with Crippen LogP contribution in [0.4, 0.5) is 0 Å². The van der Waals surface area contributed by atoms with E-state index in [4.69, 9.17) is 0 Å². The van der Waals surface area contributed by atoms with Gasteiger partial charge in [0.2, 0.25) is 0 Å². The number of aliphatic hydroxyl groups excluding tert-OH is 1. The van der Waals surface area contributed by atoms with Gasteiger partial charge in [-0.2, -0.15) is 0 Å². The monoisotopic (exact) mass is 192 g/mol. The Hall–Kier alpha value is -0.820. The molecule has 78 valence electrons. The molecule has 0 aliphatic heterocycles. The van der Waals surface area contributed by atoms with Crippen molar-refractivity contribution in [3.05, 3.63) is 34.9 Å².